The average molecular weight is 316 g/mol. The molecular weight excluding hydrogens is 296 g/mol. The summed E-state index contributed by atoms with van der Waals surface area (Å²) < 4.78 is 27.4. The van der Waals surface area contributed by atoms with Crippen molar-refractivity contribution < 1.29 is 13.2 Å². The highest BCUT2D eigenvalue weighted by molar-refractivity contribution is 7.90. The third-order valence-corrected chi connectivity index (χ3v) is 3.94. The molecule has 1 aliphatic heterocycles. The van der Waals surface area contributed by atoms with Crippen LogP contribution in [-0.2, 0) is 14.6 Å². The van der Waals surface area contributed by atoms with E-state index in [4.69, 9.17) is 10.5 Å². The number of hydrogen-bond donors (Lipinski definition) is 2. The Kier molecular flexibility index (Phi) is 5.12. The van der Waals surface area contributed by atoms with Gasteiger partial charge in [0.15, 0.2) is 0 Å². The molecule has 0 amide bonds. The molecular formula is C11H20N6O3S. The maximum Gasteiger partial charge on any atom is 0.232 e. The topological polar surface area (TPSA) is 123 Å². The molecule has 2 heterocycles. The summed E-state index contributed by atoms with van der Waals surface area (Å²) in [5.41, 5.74) is 5.68. The first-order valence-corrected chi connectivity index (χ1v) is 8.76. The normalized spacial score (nSPS) is 16.0. The monoisotopic (exact) mass is 316 g/mol. The van der Waals surface area contributed by atoms with Crippen LogP contribution >= 0.6 is 0 Å². The number of nitrogen functional groups attached to an aromatic ring is 1. The smallest absolute Gasteiger partial charge is 0.232 e. The van der Waals surface area contributed by atoms with Crippen molar-refractivity contribution in [3.63, 3.8) is 0 Å². The quantitative estimate of drug-likeness (QED) is 0.645. The molecule has 1 aromatic rings. The van der Waals surface area contributed by atoms with Crippen LogP contribution in [0.4, 0.5) is 17.8 Å². The van der Waals surface area contributed by atoms with Gasteiger partial charge in [-0.05, 0) is 6.42 Å². The molecule has 1 fully saturated rings. The van der Waals surface area contributed by atoms with Crippen molar-refractivity contribution >= 4 is 27.7 Å². The predicted molar refractivity (Wildman–Crippen MR) is 80.1 cm³/mol. The highest BCUT2D eigenvalue weighted by Gasteiger charge is 2.15. The van der Waals surface area contributed by atoms with Gasteiger partial charge in [-0.3, -0.25) is 0 Å². The lowest BCUT2D eigenvalue weighted by atomic mass is 10.4. The number of hydrogen-bond acceptors (Lipinski definition) is 9. The Bertz CT molecular complexity index is 573. The Balaban J connectivity index is 1.95. The summed E-state index contributed by atoms with van der Waals surface area (Å²) in [4.78, 5) is 14.4. The number of sulfone groups is 1. The van der Waals surface area contributed by atoms with Gasteiger partial charge in [-0.1, -0.05) is 0 Å². The van der Waals surface area contributed by atoms with Crippen molar-refractivity contribution in [3.05, 3.63) is 0 Å². The number of nitrogens with zero attached hydrogens (tertiary/aromatic N) is 4. The van der Waals surface area contributed by atoms with Crippen LogP contribution in [0.25, 0.3) is 0 Å². The number of nitrogens with one attached hydrogen (secondary N) is 1. The number of ether oxygens (including phenoxy) is 1. The Labute approximate surface area is 123 Å². The van der Waals surface area contributed by atoms with Crippen LogP contribution in [0.1, 0.15) is 6.42 Å². The van der Waals surface area contributed by atoms with Crippen molar-refractivity contribution in [2.75, 3.05) is 60.8 Å². The highest BCUT2D eigenvalue weighted by atomic mass is 32.2. The molecule has 9 nitrogen and oxygen atoms in total. The van der Waals surface area contributed by atoms with Crippen LogP contribution in [0.2, 0.25) is 0 Å². The fourth-order valence-corrected chi connectivity index (χ4v) is 2.57. The first-order valence-electron chi connectivity index (χ1n) is 6.70. The zero-order valence-electron chi connectivity index (χ0n) is 11.9. The highest BCUT2D eigenvalue weighted by Crippen LogP contribution is 2.13. The Morgan fingerprint density at radius 3 is 2.67 bits per heavy atom. The number of rotatable bonds is 6. The van der Waals surface area contributed by atoms with E-state index in [-0.39, 0.29) is 11.7 Å². The van der Waals surface area contributed by atoms with Gasteiger partial charge < -0.3 is 20.7 Å². The molecule has 0 bridgehead atoms. The maximum atomic E-state index is 11.0. The molecule has 21 heavy (non-hydrogen) atoms. The number of nitrogens with two attached hydrogens (primary N) is 1. The van der Waals surface area contributed by atoms with Crippen molar-refractivity contribution in [1.29, 1.82) is 0 Å². The summed E-state index contributed by atoms with van der Waals surface area (Å²) >= 11 is 0. The van der Waals surface area contributed by atoms with Crippen LogP contribution in [0.5, 0.6) is 0 Å². The summed E-state index contributed by atoms with van der Waals surface area (Å²) in [6.07, 6.45) is 1.70. The molecule has 0 atom stereocenters. The second-order valence-electron chi connectivity index (χ2n) is 4.83. The van der Waals surface area contributed by atoms with Gasteiger partial charge in [0.2, 0.25) is 17.8 Å². The van der Waals surface area contributed by atoms with E-state index in [2.05, 4.69) is 20.3 Å². The summed E-state index contributed by atoms with van der Waals surface area (Å²) in [5.74, 6) is 1.13. The first-order chi connectivity index (χ1) is 9.94. The number of morpholine rings is 1. The zero-order chi connectivity index (χ0) is 15.3. The van der Waals surface area contributed by atoms with E-state index in [0.717, 1.165) is 0 Å². The molecule has 10 heteroatoms. The lowest BCUT2D eigenvalue weighted by Crippen LogP contribution is -2.37. The second kappa shape index (κ2) is 6.85. The number of anilines is 3. The van der Waals surface area contributed by atoms with Gasteiger partial charge in [-0.2, -0.15) is 15.0 Å². The Hall–Kier alpha value is -1.68. The summed E-state index contributed by atoms with van der Waals surface area (Å²) in [6.45, 7) is 3.12. The Morgan fingerprint density at radius 2 is 2.00 bits per heavy atom. The van der Waals surface area contributed by atoms with Crippen molar-refractivity contribution in [2.24, 2.45) is 0 Å². The van der Waals surface area contributed by atoms with Gasteiger partial charge in [-0.15, -0.1) is 0 Å². The summed E-state index contributed by atoms with van der Waals surface area (Å²) in [7, 11) is -2.95. The summed E-state index contributed by atoms with van der Waals surface area (Å²) in [6, 6.07) is 0. The van der Waals surface area contributed by atoms with Gasteiger partial charge in [-0.25, -0.2) is 8.42 Å². The third kappa shape index (κ3) is 5.31. The molecule has 1 saturated heterocycles. The SMILES string of the molecule is CS(=O)(=O)CCCNc1nc(N)nc(N2CCOCC2)n1. The van der Waals surface area contributed by atoms with E-state index < -0.39 is 9.84 Å². The predicted octanol–water partition coefficient (Wildman–Crippen LogP) is -0.863. The standard InChI is InChI=1S/C11H20N6O3S/c1-21(18,19)8-2-3-13-10-14-9(12)15-11(16-10)17-4-6-20-7-5-17/h2-8H2,1H3,(H3,12,13,14,15,16). The van der Waals surface area contributed by atoms with Crippen LogP contribution in [0.15, 0.2) is 0 Å². The van der Waals surface area contributed by atoms with Gasteiger partial charge in [0.1, 0.15) is 9.84 Å². The zero-order valence-corrected chi connectivity index (χ0v) is 12.8. The third-order valence-electron chi connectivity index (χ3n) is 2.91. The van der Waals surface area contributed by atoms with Crippen LogP contribution < -0.4 is 16.0 Å². The Morgan fingerprint density at radius 1 is 1.29 bits per heavy atom. The maximum absolute atomic E-state index is 11.0. The van der Waals surface area contributed by atoms with Gasteiger partial charge in [0.05, 0.1) is 19.0 Å². The minimum atomic E-state index is -2.95. The van der Waals surface area contributed by atoms with Crippen LogP contribution in [-0.4, -0.2) is 68.2 Å². The van der Waals surface area contributed by atoms with E-state index in [1.165, 1.54) is 6.26 Å². The second-order valence-corrected chi connectivity index (χ2v) is 7.09. The molecule has 0 aliphatic carbocycles. The molecule has 0 unspecified atom stereocenters. The molecule has 2 rings (SSSR count). The lowest BCUT2D eigenvalue weighted by Gasteiger charge is -2.26. The van der Waals surface area contributed by atoms with E-state index in [9.17, 15) is 8.42 Å². The average Bonchev–Trinajstić information content (AvgIpc) is 2.43. The van der Waals surface area contributed by atoms with E-state index in [0.29, 0.717) is 51.2 Å². The van der Waals surface area contributed by atoms with Crippen molar-refractivity contribution in [1.82, 2.24) is 15.0 Å². The largest absolute Gasteiger partial charge is 0.378 e. The molecule has 0 saturated carbocycles. The fourth-order valence-electron chi connectivity index (χ4n) is 1.90. The van der Waals surface area contributed by atoms with Crippen LogP contribution in [0.3, 0.4) is 0 Å². The molecule has 118 valence electrons. The van der Waals surface area contributed by atoms with E-state index in [1.54, 1.807) is 0 Å². The van der Waals surface area contributed by atoms with Crippen molar-refractivity contribution in [3.8, 4) is 0 Å². The molecule has 3 N–H and O–H groups in total. The first kappa shape index (κ1) is 15.7. The van der Waals surface area contributed by atoms with Crippen molar-refractivity contribution in [2.45, 2.75) is 6.42 Å². The minimum Gasteiger partial charge on any atom is -0.378 e. The molecule has 0 aromatic carbocycles. The van der Waals surface area contributed by atoms with Crippen LogP contribution in [0, 0.1) is 0 Å². The molecule has 0 radical (unpaired) electrons. The van der Waals surface area contributed by atoms with Gasteiger partial charge in [0, 0.05) is 25.9 Å². The molecule has 1 aliphatic rings. The summed E-state index contributed by atoms with van der Waals surface area (Å²) in [5, 5.41) is 2.97. The lowest BCUT2D eigenvalue weighted by molar-refractivity contribution is 0.122. The van der Waals surface area contributed by atoms with E-state index >= 15 is 0 Å². The fraction of sp³-hybridized carbons (Fsp3) is 0.727. The van der Waals surface area contributed by atoms with Gasteiger partial charge in [0.25, 0.3) is 0 Å². The molecule has 0 spiro atoms. The van der Waals surface area contributed by atoms with E-state index in [1.807, 2.05) is 4.90 Å². The number of aromatic nitrogens is 3. The molecule has 1 aromatic heterocycles. The minimum absolute atomic E-state index is 0.122. The van der Waals surface area contributed by atoms with Gasteiger partial charge >= 0.3 is 0 Å².